The molecule has 0 saturated carbocycles. The number of alkyl carbamates (subject to hydrolysis) is 1. The van der Waals surface area contributed by atoms with E-state index >= 15 is 0 Å². The van der Waals surface area contributed by atoms with Crippen molar-refractivity contribution >= 4 is 28.9 Å². The molecule has 2 heterocycles. The summed E-state index contributed by atoms with van der Waals surface area (Å²) in [5.74, 6) is -0.918. The van der Waals surface area contributed by atoms with Gasteiger partial charge in [-0.1, -0.05) is 55.3 Å². The molecule has 12 heteroatoms. The Morgan fingerprint density at radius 3 is 2.71 bits per heavy atom. The van der Waals surface area contributed by atoms with E-state index in [-0.39, 0.29) is 44.9 Å². The van der Waals surface area contributed by atoms with Crippen LogP contribution in [0.15, 0.2) is 63.8 Å². The molecular weight excluding hydrogens is 667 g/mol. The van der Waals surface area contributed by atoms with Crippen molar-refractivity contribution in [1.82, 2.24) is 15.3 Å². The standard InChI is InChI=1S/C26H24N5O5.H2N.Os/c27-14-5-4-9-21(30-25(33)35-16-17-7-2-1-3-8-17)24(32)31-23-11-6-10-19(28-23)18-12-13-20-22(15-18)36-26(34)29-20;;/h1-3,7-8,10,12-13,15,21,27H,4-5,9,14,16H2,(H,29,34)(H,30,33)(H,28,31,32);1H2;/q2*-1;+2/t21-;;/m0../s1. The minimum atomic E-state index is -0.885. The molecule has 2 aromatic heterocycles. The number of carbonyl (C=O) groups is 2. The van der Waals surface area contributed by atoms with Gasteiger partial charge in [-0.15, -0.1) is 0 Å². The van der Waals surface area contributed by atoms with Crippen molar-refractivity contribution in [2.24, 2.45) is 0 Å². The fourth-order valence-electron chi connectivity index (χ4n) is 3.52. The predicted octanol–water partition coefficient (Wildman–Crippen LogP) is 4.95. The zero-order valence-corrected chi connectivity index (χ0v) is 22.8. The molecule has 0 saturated heterocycles. The van der Waals surface area contributed by atoms with E-state index in [1.54, 1.807) is 24.3 Å². The molecule has 0 aliphatic rings. The molecule has 0 radical (unpaired) electrons. The Balaban J connectivity index is 0.00000253. The van der Waals surface area contributed by atoms with Gasteiger partial charge < -0.3 is 31.7 Å². The molecule has 2 amide bonds. The normalized spacial score (nSPS) is 10.9. The Hall–Kier alpha value is -4.02. The van der Waals surface area contributed by atoms with Crippen molar-refractivity contribution < 1.29 is 38.5 Å². The first-order valence-corrected chi connectivity index (χ1v) is 11.4. The molecule has 0 spiro atoms. The maximum absolute atomic E-state index is 13.0. The summed E-state index contributed by atoms with van der Waals surface area (Å²) in [5, 5.41) is 5.27. The number of carbonyl (C=O) groups excluding carboxylic acids is 2. The zero-order valence-electron chi connectivity index (χ0n) is 20.2. The van der Waals surface area contributed by atoms with Crippen molar-refractivity contribution in [1.29, 1.82) is 0 Å². The van der Waals surface area contributed by atoms with Crippen molar-refractivity contribution in [3.63, 3.8) is 0 Å². The number of aromatic nitrogens is 2. The van der Waals surface area contributed by atoms with Gasteiger partial charge in [-0.3, -0.25) is 9.78 Å². The fraction of sp³-hybridized carbons (Fsp3) is 0.231. The van der Waals surface area contributed by atoms with E-state index in [1.807, 2.05) is 30.3 Å². The number of rotatable bonds is 10. The smallest absolute Gasteiger partial charge is 0.693 e. The van der Waals surface area contributed by atoms with Crippen LogP contribution >= 0.6 is 0 Å². The molecule has 4 aromatic rings. The first kappa shape index (κ1) is 30.2. The van der Waals surface area contributed by atoms with Gasteiger partial charge in [0.25, 0.3) is 0 Å². The Kier molecular flexibility index (Phi) is 11.6. The maximum Gasteiger partial charge on any atom is 2.00 e. The minimum Gasteiger partial charge on any atom is -0.693 e. The third kappa shape index (κ3) is 8.25. The molecule has 6 N–H and O–H groups in total. The van der Waals surface area contributed by atoms with Gasteiger partial charge >= 0.3 is 31.6 Å². The summed E-state index contributed by atoms with van der Waals surface area (Å²) in [6.07, 6.45) is 0.780. The molecule has 38 heavy (non-hydrogen) atoms. The summed E-state index contributed by atoms with van der Waals surface area (Å²) in [4.78, 5) is 43.7. The molecule has 4 rings (SSSR count). The Morgan fingerprint density at radius 1 is 1.16 bits per heavy atom. The van der Waals surface area contributed by atoms with Gasteiger partial charge in [0.1, 0.15) is 12.6 Å². The van der Waals surface area contributed by atoms with Crippen LogP contribution < -0.4 is 16.4 Å². The van der Waals surface area contributed by atoms with Crippen LogP contribution in [-0.2, 0) is 35.9 Å². The Morgan fingerprint density at radius 2 is 1.95 bits per heavy atom. The van der Waals surface area contributed by atoms with E-state index in [9.17, 15) is 14.4 Å². The van der Waals surface area contributed by atoms with Crippen LogP contribution in [-0.4, -0.2) is 34.6 Å². The number of nitrogens with zero attached hydrogens (tertiary/aromatic N) is 1. The van der Waals surface area contributed by atoms with Gasteiger partial charge in [0, 0.05) is 11.6 Å². The number of amides is 2. The number of nitrogens with two attached hydrogens (primary N) is 1. The van der Waals surface area contributed by atoms with Gasteiger partial charge in [-0.2, -0.15) is 6.54 Å². The molecule has 1 atom stereocenters. The minimum absolute atomic E-state index is 0. The third-order valence-electron chi connectivity index (χ3n) is 5.33. The first-order chi connectivity index (χ1) is 17.5. The second-order valence-electron chi connectivity index (χ2n) is 7.98. The van der Waals surface area contributed by atoms with Gasteiger partial charge in [0.15, 0.2) is 11.4 Å². The van der Waals surface area contributed by atoms with Crippen LogP contribution in [0.25, 0.3) is 34.2 Å². The second kappa shape index (κ2) is 14.6. The number of aromatic amines is 1. The summed E-state index contributed by atoms with van der Waals surface area (Å²) >= 11 is 0. The van der Waals surface area contributed by atoms with E-state index in [0.29, 0.717) is 41.6 Å². The maximum atomic E-state index is 13.0. The number of anilines is 1. The van der Waals surface area contributed by atoms with E-state index in [1.165, 1.54) is 0 Å². The molecule has 0 aliphatic carbocycles. The van der Waals surface area contributed by atoms with Gasteiger partial charge in [-0.05, 0) is 30.2 Å². The molecule has 0 aliphatic heterocycles. The molecule has 198 valence electrons. The van der Waals surface area contributed by atoms with Gasteiger partial charge in [0.05, 0.1) is 11.2 Å². The van der Waals surface area contributed by atoms with Crippen LogP contribution in [0.2, 0.25) is 0 Å². The van der Waals surface area contributed by atoms with E-state index in [4.69, 9.17) is 14.9 Å². The second-order valence-corrected chi connectivity index (χ2v) is 7.98. The molecule has 0 fully saturated rings. The van der Waals surface area contributed by atoms with E-state index in [0.717, 1.165) is 5.56 Å². The molecular formula is C26H26N6O5Os. The quantitative estimate of drug-likeness (QED) is 0.198. The molecule has 0 unspecified atom stereocenters. The van der Waals surface area contributed by atoms with Crippen LogP contribution in [0, 0.1) is 12.1 Å². The third-order valence-corrected chi connectivity index (χ3v) is 5.33. The molecule has 2 aromatic carbocycles. The van der Waals surface area contributed by atoms with E-state index in [2.05, 4.69) is 32.7 Å². The van der Waals surface area contributed by atoms with Crippen molar-refractivity contribution in [2.45, 2.75) is 31.9 Å². The fourth-order valence-corrected chi connectivity index (χ4v) is 3.52. The van der Waals surface area contributed by atoms with Crippen molar-refractivity contribution in [3.8, 4) is 11.3 Å². The van der Waals surface area contributed by atoms with Crippen LogP contribution in [0.4, 0.5) is 10.6 Å². The van der Waals surface area contributed by atoms with Crippen LogP contribution in [0.1, 0.15) is 24.8 Å². The van der Waals surface area contributed by atoms with Gasteiger partial charge in [-0.25, -0.2) is 14.6 Å². The van der Waals surface area contributed by atoms with E-state index < -0.39 is 23.8 Å². The average molecular weight is 693 g/mol. The SMILES string of the molecule is [NH-]CCCC[C@H](NC(=O)OCc1ccccc1)C(=O)Nc1c#ccc(-c2ccc3[nH]c(=O)oc3c2)n1.[NH2-].[Os+2]. The number of fused-ring (bicyclic) bond motifs is 1. The van der Waals surface area contributed by atoms with Crippen LogP contribution in [0.5, 0.6) is 0 Å². The first-order valence-electron chi connectivity index (χ1n) is 11.4. The number of ether oxygens (including phenoxy) is 1. The van der Waals surface area contributed by atoms with Crippen LogP contribution in [0.3, 0.4) is 0 Å². The number of hydrogen-bond donors (Lipinski definition) is 3. The number of unbranched alkanes of at least 4 members (excludes halogenated alkanes) is 1. The Labute approximate surface area is 232 Å². The predicted molar refractivity (Wildman–Crippen MR) is 138 cm³/mol. The summed E-state index contributed by atoms with van der Waals surface area (Å²) in [5.41, 5.74) is 10.2. The molecule has 0 bridgehead atoms. The number of hydrogen-bond acceptors (Lipinski definition) is 6. The van der Waals surface area contributed by atoms with Crippen molar-refractivity contribution in [3.05, 3.63) is 94.7 Å². The monoisotopic (exact) mass is 694 g/mol. The average Bonchev–Trinajstić information content (AvgIpc) is 3.27. The Bertz CT molecular complexity index is 1390. The number of H-pyrrole nitrogens is 1. The van der Waals surface area contributed by atoms with Crippen molar-refractivity contribution in [2.75, 3.05) is 11.9 Å². The summed E-state index contributed by atoms with van der Waals surface area (Å²) in [6.45, 7) is 0.302. The summed E-state index contributed by atoms with van der Waals surface area (Å²) in [6, 6.07) is 20.6. The van der Waals surface area contributed by atoms with Gasteiger partial charge in [0.2, 0.25) is 5.91 Å². The number of oxazole rings is 1. The summed E-state index contributed by atoms with van der Waals surface area (Å²) in [7, 11) is 0. The zero-order chi connectivity index (χ0) is 25.3. The summed E-state index contributed by atoms with van der Waals surface area (Å²) < 4.78 is 10.3. The topological polar surface area (TPSA) is 184 Å². The number of benzene rings is 2. The largest absolute Gasteiger partial charge is 2.00 e. The molecule has 11 nitrogen and oxygen atoms in total. The number of nitrogens with one attached hydrogen (secondary N) is 4.